The molecule has 1 heterocycles. The predicted molar refractivity (Wildman–Crippen MR) is 139 cm³/mol. The molecule has 0 amide bonds. The Labute approximate surface area is 197 Å². The van der Waals surface area contributed by atoms with Crippen LogP contribution < -0.4 is 10.6 Å². The third-order valence-electron chi connectivity index (χ3n) is 7.41. The number of hydrogen-bond acceptors (Lipinski definition) is 4. The Hall–Kier alpha value is -1.20. The Morgan fingerprint density at radius 2 is 1.00 bits per heavy atom. The van der Waals surface area contributed by atoms with Gasteiger partial charge in [-0.3, -0.25) is 9.80 Å². The van der Waals surface area contributed by atoms with Gasteiger partial charge >= 0.3 is 0 Å². The second kappa shape index (κ2) is 11.3. The van der Waals surface area contributed by atoms with E-state index >= 15 is 0 Å². The third-order valence-corrected chi connectivity index (χ3v) is 7.41. The van der Waals surface area contributed by atoms with Crippen LogP contribution in [0.4, 0.5) is 0 Å². The Morgan fingerprint density at radius 1 is 0.656 bits per heavy atom. The van der Waals surface area contributed by atoms with Crippen LogP contribution in [-0.4, -0.2) is 72.2 Å². The summed E-state index contributed by atoms with van der Waals surface area (Å²) >= 11 is 0. The van der Waals surface area contributed by atoms with E-state index < -0.39 is 0 Å². The quantitative estimate of drug-likeness (QED) is 0.679. The summed E-state index contributed by atoms with van der Waals surface area (Å²) in [6, 6.07) is 1.08. The van der Waals surface area contributed by atoms with E-state index in [0.717, 1.165) is 52.1 Å². The van der Waals surface area contributed by atoms with E-state index in [0.29, 0.717) is 23.9 Å². The maximum absolute atomic E-state index is 3.91. The van der Waals surface area contributed by atoms with E-state index in [9.17, 15) is 0 Å². The second-order valence-electron chi connectivity index (χ2n) is 11.6. The lowest BCUT2D eigenvalue weighted by Crippen LogP contribution is -2.54. The molecule has 0 saturated carbocycles. The maximum Gasteiger partial charge on any atom is 0.0140 e. The highest BCUT2D eigenvalue weighted by Crippen LogP contribution is 2.22. The smallest absolute Gasteiger partial charge is 0.0140 e. The van der Waals surface area contributed by atoms with Gasteiger partial charge in [-0.25, -0.2) is 0 Å². The van der Waals surface area contributed by atoms with Crippen molar-refractivity contribution in [2.75, 3.05) is 39.3 Å². The first kappa shape index (κ1) is 25.4. The molecule has 180 valence electrons. The summed E-state index contributed by atoms with van der Waals surface area (Å²) in [6.45, 7) is 20.8. The molecule has 4 nitrogen and oxygen atoms in total. The van der Waals surface area contributed by atoms with Gasteiger partial charge in [-0.15, -0.1) is 0 Å². The molecule has 0 aromatic heterocycles. The fraction of sp³-hybridized carbons (Fsp3) is 0.714. The fourth-order valence-electron chi connectivity index (χ4n) is 5.68. The SMILES string of the molecule is CC1CC(C)(C)NCCN(CC2C=CC=C2)C(C)CC(C)(C)NCCN1CC1C=CC=C1. The molecule has 0 aromatic carbocycles. The summed E-state index contributed by atoms with van der Waals surface area (Å²) in [5.41, 5.74) is 0.246. The summed E-state index contributed by atoms with van der Waals surface area (Å²) < 4.78 is 0. The summed E-state index contributed by atoms with van der Waals surface area (Å²) in [5, 5.41) is 7.81. The summed E-state index contributed by atoms with van der Waals surface area (Å²) in [4.78, 5) is 5.38. The van der Waals surface area contributed by atoms with E-state index in [1.807, 2.05) is 0 Å². The molecule has 0 radical (unpaired) electrons. The number of rotatable bonds is 4. The van der Waals surface area contributed by atoms with E-state index in [2.05, 4.69) is 111 Å². The molecule has 2 aliphatic carbocycles. The standard InChI is InChI=1S/C28H48N4/c1-23-19-27(3,4)29-16-18-32(22-26-13-9-10-14-26)24(2)20-28(5,6)30-15-17-31(23)21-25-11-7-8-12-25/h7-14,23-26,29-30H,15-22H2,1-6H3. The van der Waals surface area contributed by atoms with Crippen LogP contribution in [0.25, 0.3) is 0 Å². The zero-order valence-electron chi connectivity index (χ0n) is 21.5. The highest BCUT2D eigenvalue weighted by Gasteiger charge is 2.29. The predicted octanol–water partition coefficient (Wildman–Crippen LogP) is 4.38. The highest BCUT2D eigenvalue weighted by atomic mass is 15.2. The van der Waals surface area contributed by atoms with Gasteiger partial charge in [0.15, 0.2) is 0 Å². The van der Waals surface area contributed by atoms with Crippen LogP contribution in [0.1, 0.15) is 54.4 Å². The number of nitrogens with one attached hydrogen (secondary N) is 2. The Balaban J connectivity index is 1.69. The number of hydrogen-bond donors (Lipinski definition) is 2. The van der Waals surface area contributed by atoms with Gasteiger partial charge in [-0.2, -0.15) is 0 Å². The van der Waals surface area contributed by atoms with Gasteiger partial charge in [-0.05, 0) is 54.4 Å². The van der Waals surface area contributed by atoms with Crippen LogP contribution in [0.15, 0.2) is 48.6 Å². The van der Waals surface area contributed by atoms with Crippen molar-refractivity contribution in [1.82, 2.24) is 20.4 Å². The van der Waals surface area contributed by atoms with E-state index in [1.165, 1.54) is 0 Å². The first-order chi connectivity index (χ1) is 15.1. The molecule has 0 spiro atoms. The molecule has 3 rings (SSSR count). The zero-order valence-corrected chi connectivity index (χ0v) is 21.5. The summed E-state index contributed by atoms with van der Waals surface area (Å²) in [7, 11) is 0. The van der Waals surface area contributed by atoms with Crippen molar-refractivity contribution in [2.45, 2.75) is 77.5 Å². The van der Waals surface area contributed by atoms with Gasteiger partial charge in [0, 0.05) is 74.3 Å². The zero-order chi connectivity index (χ0) is 23.2. The van der Waals surface area contributed by atoms with E-state index in [4.69, 9.17) is 0 Å². The van der Waals surface area contributed by atoms with Crippen LogP contribution in [-0.2, 0) is 0 Å². The Morgan fingerprint density at radius 3 is 1.34 bits per heavy atom. The Bertz CT molecular complexity index is 618. The van der Waals surface area contributed by atoms with Crippen molar-refractivity contribution in [2.24, 2.45) is 11.8 Å². The molecule has 32 heavy (non-hydrogen) atoms. The van der Waals surface area contributed by atoms with Crippen molar-refractivity contribution >= 4 is 0 Å². The van der Waals surface area contributed by atoms with Gasteiger partial charge in [-0.1, -0.05) is 48.6 Å². The monoisotopic (exact) mass is 440 g/mol. The molecule has 0 aromatic rings. The normalized spacial score (nSPS) is 30.8. The second-order valence-corrected chi connectivity index (χ2v) is 11.6. The van der Waals surface area contributed by atoms with Crippen molar-refractivity contribution < 1.29 is 0 Å². The van der Waals surface area contributed by atoms with E-state index in [1.54, 1.807) is 0 Å². The maximum atomic E-state index is 3.91. The molecule has 2 N–H and O–H groups in total. The number of allylic oxidation sites excluding steroid dienone is 4. The molecule has 1 aliphatic heterocycles. The lowest BCUT2D eigenvalue weighted by atomic mass is 9.93. The Kier molecular flexibility index (Phi) is 8.97. The summed E-state index contributed by atoms with van der Waals surface area (Å²) in [6.07, 6.45) is 20.4. The lowest BCUT2D eigenvalue weighted by Gasteiger charge is -2.41. The lowest BCUT2D eigenvalue weighted by molar-refractivity contribution is 0.127. The topological polar surface area (TPSA) is 30.5 Å². The van der Waals surface area contributed by atoms with Crippen molar-refractivity contribution in [3.05, 3.63) is 48.6 Å². The molecule has 3 aliphatic rings. The number of nitrogens with zero attached hydrogens (tertiary/aromatic N) is 2. The average Bonchev–Trinajstić information content (AvgIpc) is 3.38. The molecule has 2 unspecified atom stereocenters. The first-order valence-corrected chi connectivity index (χ1v) is 12.8. The minimum atomic E-state index is 0.123. The molecular formula is C28H48N4. The van der Waals surface area contributed by atoms with Gasteiger partial charge in [0.25, 0.3) is 0 Å². The molecule has 1 saturated heterocycles. The van der Waals surface area contributed by atoms with Crippen molar-refractivity contribution in [1.29, 1.82) is 0 Å². The molecule has 0 bridgehead atoms. The molecule has 2 atom stereocenters. The molecule has 4 heteroatoms. The van der Waals surface area contributed by atoms with Gasteiger partial charge < -0.3 is 10.6 Å². The fourth-order valence-corrected chi connectivity index (χ4v) is 5.68. The van der Waals surface area contributed by atoms with E-state index in [-0.39, 0.29) is 11.1 Å². The highest BCUT2D eigenvalue weighted by molar-refractivity contribution is 5.18. The summed E-state index contributed by atoms with van der Waals surface area (Å²) in [5.74, 6) is 1.10. The van der Waals surface area contributed by atoms with Crippen molar-refractivity contribution in [3.8, 4) is 0 Å². The minimum Gasteiger partial charge on any atom is -0.310 e. The van der Waals surface area contributed by atoms with Gasteiger partial charge in [0.1, 0.15) is 0 Å². The van der Waals surface area contributed by atoms with Crippen LogP contribution in [0.3, 0.4) is 0 Å². The van der Waals surface area contributed by atoms with Gasteiger partial charge in [0.2, 0.25) is 0 Å². The van der Waals surface area contributed by atoms with Crippen LogP contribution in [0.2, 0.25) is 0 Å². The third kappa shape index (κ3) is 7.98. The van der Waals surface area contributed by atoms with Crippen LogP contribution in [0.5, 0.6) is 0 Å². The van der Waals surface area contributed by atoms with Gasteiger partial charge in [0.05, 0.1) is 0 Å². The largest absolute Gasteiger partial charge is 0.310 e. The van der Waals surface area contributed by atoms with Crippen LogP contribution in [0, 0.1) is 11.8 Å². The molecular weight excluding hydrogens is 392 g/mol. The molecule has 1 fully saturated rings. The average molecular weight is 441 g/mol. The van der Waals surface area contributed by atoms with Crippen LogP contribution >= 0.6 is 0 Å². The first-order valence-electron chi connectivity index (χ1n) is 12.8. The minimum absolute atomic E-state index is 0.123. The van der Waals surface area contributed by atoms with Crippen molar-refractivity contribution in [3.63, 3.8) is 0 Å².